The molecule has 0 atom stereocenters. The van der Waals surface area contributed by atoms with E-state index >= 15 is 0 Å². The molecule has 0 radical (unpaired) electrons. The number of hydrogen-bond acceptors (Lipinski definition) is 7. The molecule has 35 heavy (non-hydrogen) atoms. The Bertz CT molecular complexity index is 1340. The number of thioether (sulfide) groups is 1. The lowest BCUT2D eigenvalue weighted by molar-refractivity contribution is -0.385. The van der Waals surface area contributed by atoms with Gasteiger partial charge in [-0.3, -0.25) is 19.5 Å². The second-order valence-electron chi connectivity index (χ2n) is 7.69. The third kappa shape index (κ3) is 5.85. The number of aryl methyl sites for hydroxylation is 1. The molecule has 0 saturated carbocycles. The summed E-state index contributed by atoms with van der Waals surface area (Å²) in [4.78, 5) is 23.3. The zero-order chi connectivity index (χ0) is 24.8. The summed E-state index contributed by atoms with van der Waals surface area (Å²) in [6.07, 6.45) is 0.569. The molecule has 1 N–H and O–H groups in total. The Kier molecular flexibility index (Phi) is 7.41. The molecule has 1 aromatic heterocycles. The van der Waals surface area contributed by atoms with Crippen LogP contribution in [-0.4, -0.2) is 38.5 Å². The Morgan fingerprint density at radius 3 is 2.51 bits per heavy atom. The summed E-state index contributed by atoms with van der Waals surface area (Å²) in [5, 5.41) is 23.2. The van der Waals surface area contributed by atoms with E-state index in [1.807, 2.05) is 59.2 Å². The molecule has 3 aromatic carbocycles. The van der Waals surface area contributed by atoms with Crippen LogP contribution in [0.25, 0.3) is 5.69 Å². The number of amides is 1. The maximum absolute atomic E-state index is 12.6. The molecule has 1 heterocycles. The lowest BCUT2D eigenvalue weighted by Gasteiger charge is -2.11. The predicted molar refractivity (Wildman–Crippen MR) is 134 cm³/mol. The van der Waals surface area contributed by atoms with Crippen LogP contribution in [0.4, 0.5) is 11.4 Å². The number of methoxy groups -OCH3 is 1. The first kappa shape index (κ1) is 24.0. The topological polar surface area (TPSA) is 112 Å². The molecule has 9 nitrogen and oxygen atoms in total. The molecule has 0 spiro atoms. The van der Waals surface area contributed by atoms with E-state index in [2.05, 4.69) is 15.5 Å². The minimum atomic E-state index is -0.467. The van der Waals surface area contributed by atoms with Crippen LogP contribution in [0.1, 0.15) is 17.0 Å². The van der Waals surface area contributed by atoms with Gasteiger partial charge in [-0.1, -0.05) is 48.2 Å². The van der Waals surface area contributed by atoms with Crippen LogP contribution in [-0.2, 0) is 11.2 Å². The Labute approximate surface area is 206 Å². The van der Waals surface area contributed by atoms with E-state index in [1.54, 1.807) is 26.2 Å². The minimum Gasteiger partial charge on any atom is -0.497 e. The number of nitrogens with one attached hydrogen (secondary N) is 1. The van der Waals surface area contributed by atoms with Gasteiger partial charge in [-0.05, 0) is 42.8 Å². The van der Waals surface area contributed by atoms with Crippen molar-refractivity contribution in [1.29, 1.82) is 0 Å². The largest absolute Gasteiger partial charge is 0.497 e. The SMILES string of the molecule is COc1ccc(-n2c(Cc3ccccc3)nnc2SCC(=O)Nc2ccc(C)c([N+](=O)[O-])c2)cc1. The Balaban J connectivity index is 1.54. The fraction of sp³-hybridized carbons (Fsp3) is 0.160. The van der Waals surface area contributed by atoms with Gasteiger partial charge in [0.25, 0.3) is 5.69 Å². The highest BCUT2D eigenvalue weighted by Crippen LogP contribution is 2.26. The van der Waals surface area contributed by atoms with Gasteiger partial charge < -0.3 is 10.1 Å². The smallest absolute Gasteiger partial charge is 0.274 e. The van der Waals surface area contributed by atoms with Gasteiger partial charge in [-0.25, -0.2) is 0 Å². The monoisotopic (exact) mass is 489 g/mol. The number of nitrogens with zero attached hydrogens (tertiary/aromatic N) is 4. The molecule has 1 amide bonds. The van der Waals surface area contributed by atoms with Crippen LogP contribution in [0.3, 0.4) is 0 Å². The van der Waals surface area contributed by atoms with E-state index in [1.165, 1.54) is 17.8 Å². The minimum absolute atomic E-state index is 0.0414. The van der Waals surface area contributed by atoms with E-state index in [0.29, 0.717) is 22.8 Å². The van der Waals surface area contributed by atoms with Crippen LogP contribution in [0.5, 0.6) is 5.75 Å². The number of anilines is 1. The number of carbonyl (C=O) groups excluding carboxylic acids is 1. The summed E-state index contributed by atoms with van der Waals surface area (Å²) in [5.41, 5.74) is 2.79. The van der Waals surface area contributed by atoms with Crippen molar-refractivity contribution < 1.29 is 14.5 Å². The van der Waals surface area contributed by atoms with Gasteiger partial charge in [0.05, 0.1) is 17.8 Å². The first-order valence-corrected chi connectivity index (χ1v) is 11.7. The normalized spacial score (nSPS) is 10.7. The molecule has 0 unspecified atom stereocenters. The highest BCUT2D eigenvalue weighted by Gasteiger charge is 2.17. The molecule has 10 heteroatoms. The number of ether oxygens (including phenoxy) is 1. The molecule has 0 bridgehead atoms. The highest BCUT2D eigenvalue weighted by atomic mass is 32.2. The molecule has 4 aromatic rings. The lowest BCUT2D eigenvalue weighted by atomic mass is 10.1. The maximum atomic E-state index is 12.6. The number of carbonyl (C=O) groups is 1. The van der Waals surface area contributed by atoms with Crippen molar-refractivity contribution in [2.24, 2.45) is 0 Å². The molecule has 4 rings (SSSR count). The van der Waals surface area contributed by atoms with Crippen LogP contribution in [0.15, 0.2) is 78.0 Å². The van der Waals surface area contributed by atoms with Crippen LogP contribution in [0, 0.1) is 17.0 Å². The number of rotatable bonds is 9. The van der Waals surface area contributed by atoms with Gasteiger partial charge in [0.2, 0.25) is 5.91 Å². The van der Waals surface area contributed by atoms with Crippen LogP contribution in [0.2, 0.25) is 0 Å². The average molecular weight is 490 g/mol. The standard InChI is InChI=1S/C25H23N5O4S/c1-17-8-9-19(15-22(17)30(32)33)26-24(31)16-35-25-28-27-23(14-18-6-4-3-5-7-18)29(25)20-10-12-21(34-2)13-11-20/h3-13,15H,14,16H2,1-2H3,(H,26,31). The zero-order valence-electron chi connectivity index (χ0n) is 19.2. The summed E-state index contributed by atoms with van der Waals surface area (Å²) < 4.78 is 7.19. The van der Waals surface area contributed by atoms with Gasteiger partial charge in [0, 0.05) is 29.4 Å². The fourth-order valence-corrected chi connectivity index (χ4v) is 4.26. The van der Waals surface area contributed by atoms with Crippen molar-refractivity contribution in [2.75, 3.05) is 18.2 Å². The predicted octanol–water partition coefficient (Wildman–Crippen LogP) is 4.81. The summed E-state index contributed by atoms with van der Waals surface area (Å²) >= 11 is 1.24. The maximum Gasteiger partial charge on any atom is 0.274 e. The van der Waals surface area contributed by atoms with E-state index in [-0.39, 0.29) is 17.3 Å². The molecular weight excluding hydrogens is 466 g/mol. The first-order valence-electron chi connectivity index (χ1n) is 10.7. The molecule has 0 fully saturated rings. The summed E-state index contributed by atoms with van der Waals surface area (Å²) in [6.45, 7) is 1.65. The average Bonchev–Trinajstić information content (AvgIpc) is 3.26. The second kappa shape index (κ2) is 10.8. The third-order valence-corrected chi connectivity index (χ3v) is 6.19. The Morgan fingerprint density at radius 1 is 1.09 bits per heavy atom. The van der Waals surface area contributed by atoms with Crippen molar-refractivity contribution in [3.05, 3.63) is 99.9 Å². The van der Waals surface area contributed by atoms with E-state index in [0.717, 1.165) is 22.8 Å². The number of aromatic nitrogens is 3. The van der Waals surface area contributed by atoms with Crippen molar-refractivity contribution >= 4 is 29.0 Å². The van der Waals surface area contributed by atoms with Crippen molar-refractivity contribution in [3.8, 4) is 11.4 Å². The molecule has 178 valence electrons. The Hall–Kier alpha value is -4.18. The van der Waals surface area contributed by atoms with Gasteiger partial charge >= 0.3 is 0 Å². The molecule has 0 aliphatic rings. The van der Waals surface area contributed by atoms with E-state index in [9.17, 15) is 14.9 Å². The summed E-state index contributed by atoms with van der Waals surface area (Å²) in [7, 11) is 1.61. The second-order valence-corrected chi connectivity index (χ2v) is 8.63. The van der Waals surface area contributed by atoms with Gasteiger partial charge in [0.1, 0.15) is 11.6 Å². The zero-order valence-corrected chi connectivity index (χ0v) is 20.0. The van der Waals surface area contributed by atoms with Crippen LogP contribution >= 0.6 is 11.8 Å². The van der Waals surface area contributed by atoms with Gasteiger partial charge in [-0.15, -0.1) is 10.2 Å². The quantitative estimate of drug-likeness (QED) is 0.204. The fourth-order valence-electron chi connectivity index (χ4n) is 3.49. The molecular formula is C25H23N5O4S. The van der Waals surface area contributed by atoms with Crippen molar-refractivity contribution in [3.63, 3.8) is 0 Å². The molecule has 0 aliphatic heterocycles. The highest BCUT2D eigenvalue weighted by molar-refractivity contribution is 7.99. The molecule has 0 saturated heterocycles. The lowest BCUT2D eigenvalue weighted by Crippen LogP contribution is -2.15. The third-order valence-electron chi connectivity index (χ3n) is 5.26. The number of benzene rings is 3. The molecule has 0 aliphatic carbocycles. The summed E-state index contributed by atoms with van der Waals surface area (Å²) in [6, 6.07) is 22.1. The van der Waals surface area contributed by atoms with E-state index < -0.39 is 4.92 Å². The van der Waals surface area contributed by atoms with Gasteiger partial charge in [0.15, 0.2) is 5.16 Å². The van der Waals surface area contributed by atoms with Crippen LogP contribution < -0.4 is 10.1 Å². The van der Waals surface area contributed by atoms with E-state index in [4.69, 9.17) is 4.74 Å². The number of nitro groups is 1. The Morgan fingerprint density at radius 2 is 1.83 bits per heavy atom. The summed E-state index contributed by atoms with van der Waals surface area (Å²) in [5.74, 6) is 1.22. The number of hydrogen-bond donors (Lipinski definition) is 1. The first-order chi connectivity index (χ1) is 16.9. The van der Waals surface area contributed by atoms with Crippen molar-refractivity contribution in [2.45, 2.75) is 18.5 Å². The number of nitro benzene ring substituents is 1. The van der Waals surface area contributed by atoms with Gasteiger partial charge in [-0.2, -0.15) is 0 Å². The van der Waals surface area contributed by atoms with Crippen molar-refractivity contribution in [1.82, 2.24) is 14.8 Å².